The minimum absolute atomic E-state index is 0.310. The maximum Gasteiger partial charge on any atom is 0.170 e. The second-order valence-electron chi connectivity index (χ2n) is 2.70. The zero-order valence-electron chi connectivity index (χ0n) is 5.90. The number of rotatable bonds is 0. The summed E-state index contributed by atoms with van der Waals surface area (Å²) in [6.07, 6.45) is -1.37. The summed E-state index contributed by atoms with van der Waals surface area (Å²) in [6, 6.07) is -0.453. The van der Waals surface area contributed by atoms with Gasteiger partial charge >= 0.3 is 0 Å². The van der Waals surface area contributed by atoms with E-state index in [1.807, 2.05) is 0 Å². The number of nitrogens with two attached hydrogens (primary N) is 1. The molecule has 0 aliphatic carbocycles. The number of ether oxygens (including phenoxy) is 1. The first-order chi connectivity index (χ1) is 4.61. The van der Waals surface area contributed by atoms with Crippen molar-refractivity contribution in [3.05, 3.63) is 0 Å². The van der Waals surface area contributed by atoms with Crippen molar-refractivity contribution < 1.29 is 14.9 Å². The third kappa shape index (κ3) is 1.46. The standard InChI is InChI=1S/C6H13NO3/c1-3-5(8)2-4(7)6(9)10-3/h3-6,8-9H,2,7H2,1H3/t3-,4-,5+,6?/m1/s1. The Morgan fingerprint density at radius 1 is 1.50 bits per heavy atom. The molecule has 0 amide bonds. The molecule has 0 radical (unpaired) electrons. The molecule has 1 aliphatic heterocycles. The van der Waals surface area contributed by atoms with E-state index in [0.717, 1.165) is 0 Å². The molecule has 0 spiro atoms. The maximum absolute atomic E-state index is 9.15. The Bertz CT molecular complexity index is 93.6. The maximum atomic E-state index is 9.15. The van der Waals surface area contributed by atoms with Crippen LogP contribution in [-0.2, 0) is 4.74 Å². The van der Waals surface area contributed by atoms with Crippen molar-refractivity contribution in [1.29, 1.82) is 0 Å². The Balaban J connectivity index is 2.46. The van der Waals surface area contributed by atoms with Crippen LogP contribution >= 0.6 is 0 Å². The van der Waals surface area contributed by atoms with Gasteiger partial charge in [-0.3, -0.25) is 0 Å². The minimum Gasteiger partial charge on any atom is -0.390 e. The lowest BCUT2D eigenvalue weighted by Gasteiger charge is -2.33. The van der Waals surface area contributed by atoms with E-state index in [4.69, 9.17) is 20.7 Å². The van der Waals surface area contributed by atoms with Gasteiger partial charge in [0.05, 0.1) is 18.2 Å². The Labute approximate surface area is 59.6 Å². The van der Waals surface area contributed by atoms with E-state index < -0.39 is 18.4 Å². The van der Waals surface area contributed by atoms with Crippen LogP contribution in [-0.4, -0.2) is 34.8 Å². The van der Waals surface area contributed by atoms with Gasteiger partial charge in [-0.05, 0) is 13.3 Å². The predicted molar refractivity (Wildman–Crippen MR) is 35.2 cm³/mol. The van der Waals surface area contributed by atoms with Crippen LogP contribution in [0.4, 0.5) is 0 Å². The molecule has 60 valence electrons. The number of aliphatic hydroxyl groups is 2. The Morgan fingerprint density at radius 2 is 2.10 bits per heavy atom. The average molecular weight is 147 g/mol. The molecule has 0 saturated carbocycles. The van der Waals surface area contributed by atoms with E-state index in [1.165, 1.54) is 0 Å². The summed E-state index contributed by atoms with van der Waals surface area (Å²) in [6.45, 7) is 1.71. The van der Waals surface area contributed by atoms with Crippen molar-refractivity contribution in [3.8, 4) is 0 Å². The minimum atomic E-state index is -0.918. The highest BCUT2D eigenvalue weighted by molar-refractivity contribution is 4.79. The van der Waals surface area contributed by atoms with Crippen LogP contribution in [0.15, 0.2) is 0 Å². The van der Waals surface area contributed by atoms with Gasteiger partial charge in [0, 0.05) is 0 Å². The zero-order valence-corrected chi connectivity index (χ0v) is 5.90. The highest BCUT2D eigenvalue weighted by atomic mass is 16.6. The second-order valence-corrected chi connectivity index (χ2v) is 2.70. The van der Waals surface area contributed by atoms with E-state index in [9.17, 15) is 0 Å². The molecule has 1 heterocycles. The molecule has 0 bridgehead atoms. The summed E-state index contributed by atoms with van der Waals surface area (Å²) in [5, 5.41) is 18.2. The molecule has 4 heteroatoms. The molecular formula is C6H13NO3. The smallest absolute Gasteiger partial charge is 0.170 e. The lowest BCUT2D eigenvalue weighted by atomic mass is 10.0. The number of aliphatic hydroxyl groups excluding tert-OH is 2. The first-order valence-corrected chi connectivity index (χ1v) is 3.38. The van der Waals surface area contributed by atoms with Crippen molar-refractivity contribution in [1.82, 2.24) is 0 Å². The van der Waals surface area contributed by atoms with Crippen molar-refractivity contribution in [3.63, 3.8) is 0 Å². The first-order valence-electron chi connectivity index (χ1n) is 3.38. The number of hydrogen-bond acceptors (Lipinski definition) is 4. The first kappa shape index (κ1) is 7.94. The van der Waals surface area contributed by atoms with Gasteiger partial charge in [0.15, 0.2) is 6.29 Å². The fraction of sp³-hybridized carbons (Fsp3) is 1.00. The lowest BCUT2D eigenvalue weighted by Crippen LogP contribution is -2.49. The number of hydrogen-bond donors (Lipinski definition) is 3. The summed E-state index contributed by atoms with van der Waals surface area (Å²) >= 11 is 0. The molecule has 4 atom stereocenters. The lowest BCUT2D eigenvalue weighted by molar-refractivity contribution is -0.201. The molecule has 4 N–H and O–H groups in total. The molecular weight excluding hydrogens is 134 g/mol. The monoisotopic (exact) mass is 147 g/mol. The fourth-order valence-corrected chi connectivity index (χ4v) is 0.998. The van der Waals surface area contributed by atoms with E-state index in [-0.39, 0.29) is 6.10 Å². The summed E-state index contributed by atoms with van der Waals surface area (Å²) in [4.78, 5) is 0. The molecule has 4 nitrogen and oxygen atoms in total. The van der Waals surface area contributed by atoms with E-state index >= 15 is 0 Å². The Hall–Kier alpha value is -0.160. The third-order valence-corrected chi connectivity index (χ3v) is 1.78. The normalized spacial score (nSPS) is 49.2. The van der Waals surface area contributed by atoms with Crippen LogP contribution in [0, 0.1) is 0 Å². The van der Waals surface area contributed by atoms with Crippen molar-refractivity contribution in [2.24, 2.45) is 5.73 Å². The highest BCUT2D eigenvalue weighted by Gasteiger charge is 2.31. The van der Waals surface area contributed by atoms with Gasteiger partial charge in [-0.1, -0.05) is 0 Å². The van der Waals surface area contributed by atoms with Gasteiger partial charge in [0.1, 0.15) is 0 Å². The average Bonchev–Trinajstić information content (AvgIpc) is 1.84. The molecule has 0 aromatic carbocycles. The van der Waals surface area contributed by atoms with Gasteiger partial charge in [-0.25, -0.2) is 0 Å². The van der Waals surface area contributed by atoms with Gasteiger partial charge in [0.2, 0.25) is 0 Å². The van der Waals surface area contributed by atoms with Crippen molar-refractivity contribution >= 4 is 0 Å². The topological polar surface area (TPSA) is 75.7 Å². The third-order valence-electron chi connectivity index (χ3n) is 1.78. The summed E-state index contributed by atoms with van der Waals surface area (Å²) in [5.74, 6) is 0. The summed E-state index contributed by atoms with van der Waals surface area (Å²) in [7, 11) is 0. The van der Waals surface area contributed by atoms with Crippen LogP contribution in [0.25, 0.3) is 0 Å². The van der Waals surface area contributed by atoms with Crippen LogP contribution in [0.3, 0.4) is 0 Å². The second kappa shape index (κ2) is 2.84. The molecule has 1 saturated heterocycles. The van der Waals surface area contributed by atoms with Gasteiger partial charge in [-0.15, -0.1) is 0 Å². The van der Waals surface area contributed by atoms with Crippen LogP contribution in [0.2, 0.25) is 0 Å². The van der Waals surface area contributed by atoms with Gasteiger partial charge in [-0.2, -0.15) is 0 Å². The molecule has 1 unspecified atom stereocenters. The SMILES string of the molecule is C[C@H]1OC(O)[C@H](N)C[C@@H]1O. The highest BCUT2D eigenvalue weighted by Crippen LogP contribution is 2.16. The predicted octanol–water partition coefficient (Wildman–Crippen LogP) is -1.20. The molecule has 1 fully saturated rings. The summed E-state index contributed by atoms with van der Waals surface area (Å²) in [5.41, 5.74) is 5.40. The van der Waals surface area contributed by atoms with Gasteiger partial charge < -0.3 is 20.7 Å². The largest absolute Gasteiger partial charge is 0.390 e. The summed E-state index contributed by atoms with van der Waals surface area (Å²) < 4.78 is 4.89. The molecule has 0 aromatic rings. The van der Waals surface area contributed by atoms with Crippen LogP contribution < -0.4 is 5.73 Å². The molecule has 1 rings (SSSR count). The van der Waals surface area contributed by atoms with E-state index in [2.05, 4.69) is 0 Å². The van der Waals surface area contributed by atoms with Crippen molar-refractivity contribution in [2.75, 3.05) is 0 Å². The fourth-order valence-electron chi connectivity index (χ4n) is 0.998. The zero-order chi connectivity index (χ0) is 7.72. The quantitative estimate of drug-likeness (QED) is 0.402. The van der Waals surface area contributed by atoms with Crippen LogP contribution in [0.5, 0.6) is 0 Å². The Morgan fingerprint density at radius 3 is 2.60 bits per heavy atom. The van der Waals surface area contributed by atoms with E-state index in [1.54, 1.807) is 6.92 Å². The molecule has 0 aromatic heterocycles. The molecule has 1 aliphatic rings. The molecule has 10 heavy (non-hydrogen) atoms. The van der Waals surface area contributed by atoms with Crippen molar-refractivity contribution in [2.45, 2.75) is 37.9 Å². The Kier molecular flexibility index (Phi) is 2.25. The van der Waals surface area contributed by atoms with E-state index in [0.29, 0.717) is 6.42 Å². The van der Waals surface area contributed by atoms with Crippen LogP contribution in [0.1, 0.15) is 13.3 Å². The van der Waals surface area contributed by atoms with Gasteiger partial charge in [0.25, 0.3) is 0 Å².